The van der Waals surface area contributed by atoms with Crippen LogP contribution < -0.4 is 5.73 Å². The fraction of sp³-hybridized carbons (Fsp3) is 0. The van der Waals surface area contributed by atoms with Gasteiger partial charge in [0.1, 0.15) is 17.5 Å². The SMILES string of the molecule is Nc1ccc(F)cc1-c1ncc(-c2ccc(F)cc2)[nH]1. The Hall–Kier alpha value is -2.69. The number of hydrogen-bond acceptors (Lipinski definition) is 2. The standard InChI is InChI=1S/C15H11F2N3/c16-10-3-1-9(2-4-10)14-8-19-15(20-14)12-7-11(17)5-6-13(12)18/h1-8H,18H2,(H,19,20). The zero-order valence-corrected chi connectivity index (χ0v) is 10.4. The monoisotopic (exact) mass is 271 g/mol. The van der Waals surface area contributed by atoms with E-state index in [-0.39, 0.29) is 11.6 Å². The van der Waals surface area contributed by atoms with Crippen LogP contribution in [0.25, 0.3) is 22.6 Å². The predicted molar refractivity (Wildman–Crippen MR) is 73.8 cm³/mol. The maximum absolute atomic E-state index is 13.3. The summed E-state index contributed by atoms with van der Waals surface area (Å²) in [6.07, 6.45) is 1.60. The van der Waals surface area contributed by atoms with Gasteiger partial charge in [-0.05, 0) is 48.0 Å². The van der Waals surface area contributed by atoms with Crippen molar-refractivity contribution in [1.29, 1.82) is 0 Å². The lowest BCUT2D eigenvalue weighted by Crippen LogP contribution is -1.92. The fourth-order valence-corrected chi connectivity index (χ4v) is 1.97. The van der Waals surface area contributed by atoms with E-state index in [1.807, 2.05) is 0 Å². The normalized spacial score (nSPS) is 10.7. The summed E-state index contributed by atoms with van der Waals surface area (Å²) in [5, 5.41) is 0. The van der Waals surface area contributed by atoms with Crippen LogP contribution in [-0.2, 0) is 0 Å². The first-order chi connectivity index (χ1) is 9.63. The average molecular weight is 271 g/mol. The summed E-state index contributed by atoms with van der Waals surface area (Å²) in [7, 11) is 0. The van der Waals surface area contributed by atoms with Gasteiger partial charge in [0.2, 0.25) is 0 Å². The molecule has 3 nitrogen and oxygen atoms in total. The second kappa shape index (κ2) is 4.77. The molecular weight excluding hydrogens is 260 g/mol. The summed E-state index contributed by atoms with van der Waals surface area (Å²) in [6, 6.07) is 10.1. The van der Waals surface area contributed by atoms with Crippen LogP contribution in [0.5, 0.6) is 0 Å². The molecule has 1 heterocycles. The maximum atomic E-state index is 13.3. The number of nitrogen functional groups attached to an aromatic ring is 1. The number of halogens is 2. The van der Waals surface area contributed by atoms with Gasteiger partial charge in [-0.3, -0.25) is 0 Å². The first kappa shape index (κ1) is 12.3. The summed E-state index contributed by atoms with van der Waals surface area (Å²) in [5.74, 6) is -0.210. The van der Waals surface area contributed by atoms with Crippen molar-refractivity contribution in [2.75, 3.05) is 5.73 Å². The Bertz CT molecular complexity index is 748. The number of nitrogens with two attached hydrogens (primary N) is 1. The smallest absolute Gasteiger partial charge is 0.139 e. The molecule has 0 unspecified atom stereocenters. The molecule has 2 aromatic carbocycles. The number of imidazole rings is 1. The number of H-pyrrole nitrogens is 1. The van der Waals surface area contributed by atoms with Crippen LogP contribution in [0, 0.1) is 11.6 Å². The van der Waals surface area contributed by atoms with Gasteiger partial charge in [0.05, 0.1) is 11.9 Å². The van der Waals surface area contributed by atoms with Crippen molar-refractivity contribution in [3.05, 3.63) is 60.3 Å². The van der Waals surface area contributed by atoms with Crippen LogP contribution in [0.2, 0.25) is 0 Å². The van der Waals surface area contributed by atoms with Crippen molar-refractivity contribution in [1.82, 2.24) is 9.97 Å². The molecule has 0 aliphatic carbocycles. The Balaban J connectivity index is 2.01. The Labute approximate surface area is 114 Å². The molecule has 0 saturated carbocycles. The van der Waals surface area contributed by atoms with Gasteiger partial charge in [-0.2, -0.15) is 0 Å². The van der Waals surface area contributed by atoms with E-state index in [9.17, 15) is 8.78 Å². The highest BCUT2D eigenvalue weighted by atomic mass is 19.1. The molecule has 0 spiro atoms. The van der Waals surface area contributed by atoms with Crippen molar-refractivity contribution in [3.63, 3.8) is 0 Å². The van der Waals surface area contributed by atoms with E-state index in [2.05, 4.69) is 9.97 Å². The molecule has 0 atom stereocenters. The van der Waals surface area contributed by atoms with Crippen LogP contribution in [-0.4, -0.2) is 9.97 Å². The predicted octanol–water partition coefficient (Wildman–Crippen LogP) is 3.60. The van der Waals surface area contributed by atoms with E-state index in [1.165, 1.54) is 30.3 Å². The molecule has 100 valence electrons. The zero-order valence-electron chi connectivity index (χ0n) is 10.4. The third-order valence-electron chi connectivity index (χ3n) is 3.00. The van der Waals surface area contributed by atoms with Gasteiger partial charge < -0.3 is 10.7 Å². The number of aromatic amines is 1. The van der Waals surface area contributed by atoms with Gasteiger partial charge in [-0.15, -0.1) is 0 Å². The van der Waals surface area contributed by atoms with Crippen molar-refractivity contribution in [2.45, 2.75) is 0 Å². The molecule has 0 fully saturated rings. The second-order valence-corrected chi connectivity index (χ2v) is 4.38. The Morgan fingerprint density at radius 3 is 2.40 bits per heavy atom. The highest BCUT2D eigenvalue weighted by Crippen LogP contribution is 2.26. The molecule has 0 bridgehead atoms. The number of anilines is 1. The van der Waals surface area contributed by atoms with Gasteiger partial charge in [-0.25, -0.2) is 13.8 Å². The molecule has 3 rings (SSSR count). The van der Waals surface area contributed by atoms with E-state index in [0.29, 0.717) is 22.8 Å². The van der Waals surface area contributed by atoms with Gasteiger partial charge in [0.15, 0.2) is 0 Å². The zero-order chi connectivity index (χ0) is 14.1. The molecule has 3 N–H and O–H groups in total. The second-order valence-electron chi connectivity index (χ2n) is 4.38. The summed E-state index contributed by atoms with van der Waals surface area (Å²) in [6.45, 7) is 0. The molecule has 5 heteroatoms. The molecule has 0 aliphatic heterocycles. The molecule has 3 aromatic rings. The van der Waals surface area contributed by atoms with E-state index in [0.717, 1.165) is 5.56 Å². The van der Waals surface area contributed by atoms with Crippen LogP contribution in [0.3, 0.4) is 0 Å². The number of nitrogens with zero attached hydrogens (tertiary/aromatic N) is 1. The Morgan fingerprint density at radius 2 is 1.65 bits per heavy atom. The average Bonchev–Trinajstić information content (AvgIpc) is 2.92. The topological polar surface area (TPSA) is 54.7 Å². The lowest BCUT2D eigenvalue weighted by atomic mass is 10.1. The Kier molecular flexibility index (Phi) is 2.95. The first-order valence-electron chi connectivity index (χ1n) is 6.00. The largest absolute Gasteiger partial charge is 0.398 e. The van der Waals surface area contributed by atoms with Crippen LogP contribution in [0.4, 0.5) is 14.5 Å². The number of benzene rings is 2. The van der Waals surface area contributed by atoms with Crippen LogP contribution in [0.1, 0.15) is 0 Å². The quantitative estimate of drug-likeness (QED) is 0.700. The van der Waals surface area contributed by atoms with E-state index in [1.54, 1.807) is 18.3 Å². The van der Waals surface area contributed by atoms with Crippen molar-refractivity contribution < 1.29 is 8.78 Å². The minimum atomic E-state index is -0.381. The highest BCUT2D eigenvalue weighted by Gasteiger charge is 2.09. The summed E-state index contributed by atoms with van der Waals surface area (Å²) in [5.41, 5.74) is 8.25. The lowest BCUT2D eigenvalue weighted by Gasteiger charge is -2.02. The number of hydrogen-bond donors (Lipinski definition) is 2. The van der Waals surface area contributed by atoms with Crippen molar-refractivity contribution in [3.8, 4) is 22.6 Å². The first-order valence-corrected chi connectivity index (χ1v) is 6.00. The summed E-state index contributed by atoms with van der Waals surface area (Å²) < 4.78 is 26.2. The van der Waals surface area contributed by atoms with Crippen LogP contribution in [0.15, 0.2) is 48.7 Å². The van der Waals surface area contributed by atoms with Gasteiger partial charge in [0.25, 0.3) is 0 Å². The van der Waals surface area contributed by atoms with Crippen molar-refractivity contribution in [2.24, 2.45) is 0 Å². The molecule has 0 radical (unpaired) electrons. The highest BCUT2D eigenvalue weighted by molar-refractivity contribution is 5.73. The van der Waals surface area contributed by atoms with Crippen molar-refractivity contribution >= 4 is 5.69 Å². The molecule has 1 aromatic heterocycles. The molecule has 0 amide bonds. The lowest BCUT2D eigenvalue weighted by molar-refractivity contribution is 0.627. The third-order valence-corrected chi connectivity index (χ3v) is 3.00. The van der Waals surface area contributed by atoms with Gasteiger partial charge in [0, 0.05) is 11.3 Å². The summed E-state index contributed by atoms with van der Waals surface area (Å²) in [4.78, 5) is 7.24. The summed E-state index contributed by atoms with van der Waals surface area (Å²) >= 11 is 0. The minimum absolute atomic E-state index is 0.303. The fourth-order valence-electron chi connectivity index (χ4n) is 1.97. The van der Waals surface area contributed by atoms with Crippen LogP contribution >= 0.6 is 0 Å². The molecule has 0 saturated heterocycles. The Morgan fingerprint density at radius 1 is 0.950 bits per heavy atom. The number of nitrogens with one attached hydrogen (secondary N) is 1. The van der Waals surface area contributed by atoms with Gasteiger partial charge in [-0.1, -0.05) is 0 Å². The van der Waals surface area contributed by atoms with E-state index < -0.39 is 0 Å². The number of rotatable bonds is 2. The maximum Gasteiger partial charge on any atom is 0.139 e. The molecule has 20 heavy (non-hydrogen) atoms. The number of aromatic nitrogens is 2. The van der Waals surface area contributed by atoms with E-state index >= 15 is 0 Å². The molecule has 0 aliphatic rings. The third kappa shape index (κ3) is 2.25. The van der Waals surface area contributed by atoms with Gasteiger partial charge >= 0.3 is 0 Å². The minimum Gasteiger partial charge on any atom is -0.398 e. The molecular formula is C15H11F2N3. The van der Waals surface area contributed by atoms with E-state index in [4.69, 9.17) is 5.73 Å².